The minimum absolute atomic E-state index is 0.00181. The van der Waals surface area contributed by atoms with Crippen LogP contribution in [-0.2, 0) is 11.8 Å². The van der Waals surface area contributed by atoms with Crippen molar-refractivity contribution in [2.24, 2.45) is 7.05 Å². The number of amides is 2. The first-order valence-electron chi connectivity index (χ1n) is 11.2. The van der Waals surface area contributed by atoms with Crippen LogP contribution in [0.2, 0.25) is 0 Å². The van der Waals surface area contributed by atoms with Crippen molar-refractivity contribution in [2.75, 3.05) is 19.6 Å². The fourth-order valence-electron chi connectivity index (χ4n) is 5.09. The molecule has 2 amide bonds. The molecule has 0 spiro atoms. The number of aliphatic hydroxyl groups is 1. The molecular weight excluding hydrogens is 380 g/mol. The molecule has 0 radical (unpaired) electrons. The van der Waals surface area contributed by atoms with Gasteiger partial charge < -0.3 is 19.5 Å². The Kier molecular flexibility index (Phi) is 4.81. The molecule has 3 fully saturated rings. The minimum Gasteiger partial charge on any atom is -0.393 e. The minimum atomic E-state index is -0.236. The zero-order valence-electron chi connectivity index (χ0n) is 17.8. The molecule has 3 aliphatic rings. The van der Waals surface area contributed by atoms with Gasteiger partial charge in [0.2, 0.25) is 5.91 Å². The molecule has 30 heavy (non-hydrogen) atoms. The van der Waals surface area contributed by atoms with Crippen LogP contribution in [0.3, 0.4) is 0 Å². The molecule has 1 aliphatic heterocycles. The lowest BCUT2D eigenvalue weighted by atomic mass is 9.91. The van der Waals surface area contributed by atoms with Crippen LogP contribution in [0.4, 0.5) is 0 Å². The van der Waals surface area contributed by atoms with E-state index in [2.05, 4.69) is 24.0 Å². The Hall–Kier alpha value is -2.41. The Balaban J connectivity index is 1.34. The van der Waals surface area contributed by atoms with Crippen LogP contribution in [0.5, 0.6) is 0 Å². The number of carbonyl (C=O) groups is 2. The van der Waals surface area contributed by atoms with Gasteiger partial charge in [0, 0.05) is 26.2 Å². The smallest absolute Gasteiger partial charge is 0.290 e. The van der Waals surface area contributed by atoms with Crippen LogP contribution in [0, 0.1) is 6.92 Å². The Bertz CT molecular complexity index is 1000. The van der Waals surface area contributed by atoms with Crippen LogP contribution in [0.25, 0.3) is 11.0 Å². The van der Waals surface area contributed by atoms with Crippen LogP contribution in [-0.4, -0.2) is 68.1 Å². The summed E-state index contributed by atoms with van der Waals surface area (Å²) in [5, 5.41) is 9.72. The molecule has 7 heteroatoms. The van der Waals surface area contributed by atoms with Crippen molar-refractivity contribution in [1.82, 2.24) is 19.4 Å². The molecule has 1 saturated heterocycles. The molecule has 7 nitrogen and oxygen atoms in total. The molecule has 1 N–H and O–H groups in total. The van der Waals surface area contributed by atoms with E-state index in [1.165, 1.54) is 18.4 Å². The molecule has 0 atom stereocenters. The van der Waals surface area contributed by atoms with Gasteiger partial charge >= 0.3 is 0 Å². The Labute approximate surface area is 176 Å². The van der Waals surface area contributed by atoms with Gasteiger partial charge in [-0.05, 0) is 68.6 Å². The number of aromatic nitrogens is 2. The number of aliphatic hydroxyl groups excluding tert-OH is 1. The van der Waals surface area contributed by atoms with Gasteiger partial charge in [-0.2, -0.15) is 0 Å². The topological polar surface area (TPSA) is 78.7 Å². The van der Waals surface area contributed by atoms with Gasteiger partial charge in [0.1, 0.15) is 6.54 Å². The molecule has 160 valence electrons. The second kappa shape index (κ2) is 7.38. The lowest BCUT2D eigenvalue weighted by Gasteiger charge is -2.41. The highest BCUT2D eigenvalue weighted by atomic mass is 16.3. The normalized spacial score (nSPS) is 25.2. The monoisotopic (exact) mass is 410 g/mol. The van der Waals surface area contributed by atoms with Crippen LogP contribution in [0.15, 0.2) is 12.1 Å². The molecule has 2 heterocycles. The quantitative estimate of drug-likeness (QED) is 0.843. The van der Waals surface area contributed by atoms with E-state index < -0.39 is 0 Å². The maximum Gasteiger partial charge on any atom is 0.290 e. The summed E-state index contributed by atoms with van der Waals surface area (Å²) in [7, 11) is 1.89. The summed E-state index contributed by atoms with van der Waals surface area (Å²) >= 11 is 0. The van der Waals surface area contributed by atoms with Crippen molar-refractivity contribution < 1.29 is 14.7 Å². The average molecular weight is 411 g/mol. The molecule has 2 aliphatic carbocycles. The first-order chi connectivity index (χ1) is 14.4. The van der Waals surface area contributed by atoms with E-state index in [4.69, 9.17) is 0 Å². The van der Waals surface area contributed by atoms with E-state index in [1.807, 2.05) is 16.5 Å². The Morgan fingerprint density at radius 1 is 1.10 bits per heavy atom. The molecule has 1 aromatic carbocycles. The van der Waals surface area contributed by atoms with Gasteiger partial charge in [0.15, 0.2) is 5.82 Å². The maximum atomic E-state index is 13.2. The first-order valence-corrected chi connectivity index (χ1v) is 11.2. The van der Waals surface area contributed by atoms with Crippen LogP contribution in [0.1, 0.15) is 66.2 Å². The number of rotatable bonds is 3. The second-order valence-electron chi connectivity index (χ2n) is 9.25. The zero-order valence-corrected chi connectivity index (χ0v) is 17.8. The predicted molar refractivity (Wildman–Crippen MR) is 113 cm³/mol. The number of hydrogen-bond acceptors (Lipinski definition) is 4. The van der Waals surface area contributed by atoms with Crippen LogP contribution < -0.4 is 0 Å². The highest BCUT2D eigenvalue weighted by molar-refractivity contribution is 5.98. The van der Waals surface area contributed by atoms with Gasteiger partial charge in [-0.3, -0.25) is 9.59 Å². The third-order valence-electron chi connectivity index (χ3n) is 7.09. The fourth-order valence-corrected chi connectivity index (χ4v) is 5.09. The zero-order chi connectivity index (χ0) is 21.0. The molecular formula is C23H30N4O3. The number of piperazine rings is 1. The van der Waals surface area contributed by atoms with E-state index in [-0.39, 0.29) is 30.5 Å². The fraction of sp³-hybridized carbons (Fsp3) is 0.609. The molecule has 2 saturated carbocycles. The van der Waals surface area contributed by atoms with Crippen molar-refractivity contribution in [3.05, 3.63) is 29.1 Å². The third kappa shape index (κ3) is 3.39. The number of aryl methyl sites for hydroxylation is 2. The third-order valence-corrected chi connectivity index (χ3v) is 7.09. The molecule has 0 bridgehead atoms. The first kappa shape index (κ1) is 19.5. The highest BCUT2D eigenvalue weighted by Crippen LogP contribution is 2.41. The summed E-state index contributed by atoms with van der Waals surface area (Å²) in [5.74, 6) is 0.881. The second-order valence-corrected chi connectivity index (χ2v) is 9.25. The molecule has 5 rings (SSSR count). The van der Waals surface area contributed by atoms with Crippen LogP contribution >= 0.6 is 0 Å². The van der Waals surface area contributed by atoms with E-state index >= 15 is 0 Å². The van der Waals surface area contributed by atoms with Crippen molar-refractivity contribution >= 4 is 22.8 Å². The lowest BCUT2D eigenvalue weighted by molar-refractivity contribution is -0.138. The standard InChI is InChI=1S/C23H30N4O3/c1-14-11-16(15-3-4-15)12-19-21(14)24-22(25(19)2)23(30)26-9-10-27(20(29)13-26)17-5-7-18(28)8-6-17/h11-12,15,17-18,28H,3-10,13H2,1-2H3/t17-,18-. The Morgan fingerprint density at radius 2 is 1.83 bits per heavy atom. The summed E-state index contributed by atoms with van der Waals surface area (Å²) in [6.45, 7) is 3.24. The largest absolute Gasteiger partial charge is 0.393 e. The summed E-state index contributed by atoms with van der Waals surface area (Å²) in [5.41, 5.74) is 4.30. The molecule has 2 aromatic rings. The maximum absolute atomic E-state index is 13.2. The molecule has 1 aromatic heterocycles. The number of benzene rings is 1. The van der Waals surface area contributed by atoms with Crippen molar-refractivity contribution in [1.29, 1.82) is 0 Å². The summed E-state index contributed by atoms with van der Waals surface area (Å²) in [4.78, 5) is 34.3. The van der Waals surface area contributed by atoms with Gasteiger partial charge in [-0.25, -0.2) is 4.98 Å². The number of imidazole rings is 1. The number of hydrogen-bond donors (Lipinski definition) is 1. The predicted octanol–water partition coefficient (Wildman–Crippen LogP) is 2.35. The van der Waals surface area contributed by atoms with E-state index in [1.54, 1.807) is 4.90 Å². The lowest BCUT2D eigenvalue weighted by Crippen LogP contribution is -2.56. The van der Waals surface area contributed by atoms with Gasteiger partial charge in [-0.15, -0.1) is 0 Å². The Morgan fingerprint density at radius 3 is 2.50 bits per heavy atom. The van der Waals surface area contributed by atoms with E-state index in [9.17, 15) is 14.7 Å². The van der Waals surface area contributed by atoms with Crippen molar-refractivity contribution in [2.45, 2.75) is 63.5 Å². The molecule has 0 unspecified atom stereocenters. The number of carbonyl (C=O) groups excluding carboxylic acids is 2. The summed E-state index contributed by atoms with van der Waals surface area (Å²) in [6.07, 6.45) is 5.42. The van der Waals surface area contributed by atoms with E-state index in [0.29, 0.717) is 24.8 Å². The SMILES string of the molecule is Cc1cc(C2CC2)cc2c1nc(C(=O)N1CCN([C@H]3CC[C@H](O)CC3)C(=O)C1)n2C. The number of fused-ring (bicyclic) bond motifs is 1. The average Bonchev–Trinajstić information content (AvgIpc) is 3.53. The van der Waals surface area contributed by atoms with Gasteiger partial charge in [-0.1, -0.05) is 6.07 Å². The summed E-state index contributed by atoms with van der Waals surface area (Å²) in [6, 6.07) is 4.56. The van der Waals surface area contributed by atoms with Gasteiger partial charge in [0.05, 0.1) is 17.1 Å². The summed E-state index contributed by atoms with van der Waals surface area (Å²) < 4.78 is 1.88. The number of nitrogens with zero attached hydrogens (tertiary/aromatic N) is 4. The highest BCUT2D eigenvalue weighted by Gasteiger charge is 2.35. The van der Waals surface area contributed by atoms with Crippen molar-refractivity contribution in [3.63, 3.8) is 0 Å². The van der Waals surface area contributed by atoms with E-state index in [0.717, 1.165) is 42.3 Å². The van der Waals surface area contributed by atoms with Crippen molar-refractivity contribution in [3.8, 4) is 0 Å². The van der Waals surface area contributed by atoms with Gasteiger partial charge in [0.25, 0.3) is 5.91 Å².